The lowest BCUT2D eigenvalue weighted by atomic mass is 9.84. The third kappa shape index (κ3) is 3.93. The van der Waals surface area contributed by atoms with Gasteiger partial charge in [-0.15, -0.1) is 0 Å². The molecule has 0 spiro atoms. The van der Waals surface area contributed by atoms with Crippen LogP contribution in [0.1, 0.15) is 23.2 Å². The number of fused-ring (bicyclic) bond motifs is 5. The number of anilines is 2. The number of hydrogen-bond donors (Lipinski definition) is 0. The van der Waals surface area contributed by atoms with E-state index in [-0.39, 0.29) is 11.4 Å². The maximum Gasteiger partial charge on any atom is 0.253 e. The Morgan fingerprint density at radius 1 is 0.370 bits per heavy atom. The molecule has 4 aromatic carbocycles. The first-order valence-corrected chi connectivity index (χ1v) is 14.5. The molecule has 0 bridgehead atoms. The van der Waals surface area contributed by atoms with Crippen LogP contribution in [-0.2, 0) is 19.2 Å². The summed E-state index contributed by atoms with van der Waals surface area (Å²) in [5, 5.41) is 3.14. The Labute approximate surface area is 259 Å². The minimum atomic E-state index is -1.21. The molecule has 8 rings (SSSR count). The van der Waals surface area contributed by atoms with Crippen molar-refractivity contribution >= 4 is 35.0 Å². The van der Waals surface area contributed by atoms with Crippen molar-refractivity contribution in [1.82, 2.24) is 10.0 Å². The molecule has 4 fully saturated rings. The molecule has 230 valence electrons. The highest BCUT2D eigenvalue weighted by Gasteiger charge is 2.73. The number of benzene rings is 4. The molecule has 4 aliphatic heterocycles. The molecule has 0 N–H and O–H groups in total. The van der Waals surface area contributed by atoms with E-state index in [9.17, 15) is 36.7 Å². The van der Waals surface area contributed by atoms with Crippen molar-refractivity contribution in [2.45, 2.75) is 24.2 Å². The normalized spacial score (nSPS) is 27.5. The molecular formula is C34H22F4N4O4. The van der Waals surface area contributed by atoms with Crippen LogP contribution in [0.15, 0.2) is 97.1 Å². The third-order valence-electron chi connectivity index (χ3n) is 9.32. The van der Waals surface area contributed by atoms with Crippen molar-refractivity contribution in [2.75, 3.05) is 9.80 Å². The van der Waals surface area contributed by atoms with Crippen molar-refractivity contribution in [3.05, 3.63) is 131 Å². The number of halogens is 4. The molecule has 0 unspecified atom stereocenters. The van der Waals surface area contributed by atoms with E-state index in [2.05, 4.69) is 0 Å². The van der Waals surface area contributed by atoms with Gasteiger partial charge in [-0.3, -0.25) is 19.2 Å². The summed E-state index contributed by atoms with van der Waals surface area (Å²) in [4.78, 5) is 59.0. The molecule has 46 heavy (non-hydrogen) atoms. The molecule has 0 aliphatic carbocycles. The second kappa shape index (κ2) is 10.2. The van der Waals surface area contributed by atoms with Gasteiger partial charge in [0.05, 0.1) is 35.3 Å². The molecule has 8 nitrogen and oxygen atoms in total. The lowest BCUT2D eigenvalue weighted by Gasteiger charge is -2.35. The van der Waals surface area contributed by atoms with Gasteiger partial charge in [-0.2, -0.15) is 0 Å². The summed E-state index contributed by atoms with van der Waals surface area (Å²) in [5.41, 5.74) is 1.12. The van der Waals surface area contributed by atoms with Gasteiger partial charge < -0.3 is 0 Å². The first-order chi connectivity index (χ1) is 22.2. The molecule has 12 heteroatoms. The van der Waals surface area contributed by atoms with Gasteiger partial charge in [-0.1, -0.05) is 24.3 Å². The van der Waals surface area contributed by atoms with Crippen LogP contribution in [0.3, 0.4) is 0 Å². The van der Waals surface area contributed by atoms with Crippen molar-refractivity contribution in [3.8, 4) is 0 Å². The summed E-state index contributed by atoms with van der Waals surface area (Å²) in [6, 6.07) is 15.9. The van der Waals surface area contributed by atoms with Crippen LogP contribution < -0.4 is 9.80 Å². The molecule has 4 amide bonds. The Bertz CT molecular complexity index is 1780. The molecule has 4 saturated heterocycles. The second-order valence-electron chi connectivity index (χ2n) is 11.7. The largest absolute Gasteiger partial charge is 0.274 e. The number of hydrazine groups is 1. The van der Waals surface area contributed by atoms with Gasteiger partial charge in [0, 0.05) is 0 Å². The van der Waals surface area contributed by atoms with Crippen LogP contribution in [0.25, 0.3) is 0 Å². The maximum absolute atomic E-state index is 14.3. The zero-order valence-electron chi connectivity index (χ0n) is 23.6. The first kappa shape index (κ1) is 28.3. The fourth-order valence-electron chi connectivity index (χ4n) is 7.51. The van der Waals surface area contributed by atoms with Crippen LogP contribution in [0, 0.1) is 35.1 Å². The molecular weight excluding hydrogens is 604 g/mol. The Hall–Kier alpha value is -5.20. The van der Waals surface area contributed by atoms with E-state index in [4.69, 9.17) is 0 Å². The number of hydrogen-bond acceptors (Lipinski definition) is 6. The van der Waals surface area contributed by atoms with Crippen molar-refractivity contribution in [1.29, 1.82) is 0 Å². The van der Waals surface area contributed by atoms with E-state index in [1.807, 2.05) is 0 Å². The summed E-state index contributed by atoms with van der Waals surface area (Å²) in [5.74, 6) is -7.00. The number of imide groups is 2. The number of carbonyl (C=O) groups excluding carboxylic acids is 4. The van der Waals surface area contributed by atoms with Crippen LogP contribution in [-0.4, -0.2) is 45.7 Å². The average molecular weight is 627 g/mol. The highest BCUT2D eigenvalue weighted by molar-refractivity contribution is 6.26. The third-order valence-corrected chi connectivity index (χ3v) is 9.32. The Morgan fingerprint density at radius 2 is 0.652 bits per heavy atom. The predicted molar refractivity (Wildman–Crippen MR) is 154 cm³/mol. The van der Waals surface area contributed by atoms with Crippen molar-refractivity contribution in [3.63, 3.8) is 0 Å². The van der Waals surface area contributed by atoms with Crippen LogP contribution >= 0.6 is 0 Å². The minimum absolute atomic E-state index is 0.141. The topological polar surface area (TPSA) is 81.2 Å². The Morgan fingerprint density at radius 3 is 0.957 bits per heavy atom. The van der Waals surface area contributed by atoms with Crippen molar-refractivity contribution < 1.29 is 36.7 Å². The highest BCUT2D eigenvalue weighted by atomic mass is 19.1. The standard InChI is InChI=1S/C34H22F4N4O4/c35-19-5-1-17(2-6-19)27-25-29(33(45)39(31(25)43)23-13-9-21(37)10-14-23)42-28(18-3-7-20(36)8-4-18)26-30(41(27)42)34(46)40(32(26)44)24-15-11-22(38)12-16-24/h1-16,25-30H/t25-,26-,27+,28+,29-,30+/m1/s1. The van der Waals surface area contributed by atoms with Gasteiger partial charge in [-0.25, -0.2) is 37.4 Å². The number of rotatable bonds is 4. The molecule has 0 aromatic heterocycles. The number of nitrogens with zero attached hydrogens (tertiary/aromatic N) is 4. The SMILES string of the molecule is O=C1[C@H]2[C@H](C(=O)N1c1ccc(F)cc1)N1[C@@H](c3ccc(F)cc3)[C@H]3C(=O)N(c4ccc(F)cc4)C(=O)[C@H]3N1[C@H]2c1ccc(F)cc1. The first-order valence-electron chi connectivity index (χ1n) is 14.5. The predicted octanol–water partition coefficient (Wildman–Crippen LogP) is 4.69. The van der Waals surface area contributed by atoms with E-state index in [0.29, 0.717) is 11.1 Å². The van der Waals surface area contributed by atoms with E-state index in [1.54, 1.807) is 10.0 Å². The lowest BCUT2D eigenvalue weighted by Crippen LogP contribution is -2.50. The fourth-order valence-corrected chi connectivity index (χ4v) is 7.51. The van der Waals surface area contributed by atoms with Crippen LogP contribution in [0.5, 0.6) is 0 Å². The van der Waals surface area contributed by atoms with Gasteiger partial charge in [0.1, 0.15) is 35.4 Å². The maximum atomic E-state index is 14.3. The van der Waals surface area contributed by atoms with E-state index >= 15 is 0 Å². The van der Waals surface area contributed by atoms with Gasteiger partial charge in [-0.05, 0) is 83.9 Å². The van der Waals surface area contributed by atoms with E-state index in [1.165, 1.54) is 72.8 Å². The summed E-state index contributed by atoms with van der Waals surface area (Å²) in [7, 11) is 0. The Kier molecular flexibility index (Phi) is 6.25. The van der Waals surface area contributed by atoms with Crippen molar-refractivity contribution in [2.24, 2.45) is 11.8 Å². The molecule has 4 heterocycles. The van der Waals surface area contributed by atoms with E-state index < -0.39 is 82.9 Å². The summed E-state index contributed by atoms with van der Waals surface area (Å²) in [6.45, 7) is 0. The second-order valence-corrected chi connectivity index (χ2v) is 11.7. The van der Waals surface area contributed by atoms with Gasteiger partial charge in [0.25, 0.3) is 11.8 Å². The smallest absolute Gasteiger partial charge is 0.253 e. The lowest BCUT2D eigenvalue weighted by molar-refractivity contribution is -0.136. The quantitative estimate of drug-likeness (QED) is 0.242. The minimum Gasteiger partial charge on any atom is -0.274 e. The van der Waals surface area contributed by atoms with Crippen LogP contribution in [0.4, 0.5) is 28.9 Å². The molecule has 4 aromatic rings. The van der Waals surface area contributed by atoms with Crippen LogP contribution in [0.2, 0.25) is 0 Å². The molecule has 0 saturated carbocycles. The average Bonchev–Trinajstić information content (AvgIpc) is 3.71. The zero-order valence-corrected chi connectivity index (χ0v) is 23.6. The number of amides is 4. The molecule has 4 aliphatic rings. The summed E-state index contributed by atoms with van der Waals surface area (Å²) >= 11 is 0. The Balaban J connectivity index is 1.32. The zero-order chi connectivity index (χ0) is 32.0. The summed E-state index contributed by atoms with van der Waals surface area (Å²) in [6.07, 6.45) is 0. The highest BCUT2D eigenvalue weighted by Crippen LogP contribution is 2.59. The van der Waals surface area contributed by atoms with E-state index in [0.717, 1.165) is 34.1 Å². The molecule has 6 atom stereocenters. The van der Waals surface area contributed by atoms with Gasteiger partial charge in [0.15, 0.2) is 0 Å². The number of carbonyl (C=O) groups is 4. The monoisotopic (exact) mass is 626 g/mol. The van der Waals surface area contributed by atoms with Gasteiger partial charge >= 0.3 is 0 Å². The molecule has 0 radical (unpaired) electrons. The van der Waals surface area contributed by atoms with Gasteiger partial charge in [0.2, 0.25) is 11.8 Å². The fraction of sp³-hybridized carbons (Fsp3) is 0.176. The summed E-state index contributed by atoms with van der Waals surface area (Å²) < 4.78 is 55.8.